The molecule has 0 spiro atoms. The van der Waals surface area contributed by atoms with Crippen LogP contribution >= 0.6 is 11.8 Å². The van der Waals surface area contributed by atoms with Gasteiger partial charge in [-0.15, -0.1) is 0 Å². The van der Waals surface area contributed by atoms with Crippen LogP contribution in [0.2, 0.25) is 0 Å². The Bertz CT molecular complexity index is 875. The fourth-order valence-corrected chi connectivity index (χ4v) is 4.67. The molecule has 28 heavy (non-hydrogen) atoms. The zero-order valence-corrected chi connectivity index (χ0v) is 15.8. The first-order chi connectivity index (χ1) is 13.7. The van der Waals surface area contributed by atoms with Crippen molar-refractivity contribution < 1.29 is 23.2 Å². The second kappa shape index (κ2) is 7.08. The van der Waals surface area contributed by atoms with Crippen molar-refractivity contribution in [2.45, 2.75) is 12.1 Å². The van der Waals surface area contributed by atoms with Gasteiger partial charge >= 0.3 is 6.09 Å². The van der Waals surface area contributed by atoms with Gasteiger partial charge in [0.2, 0.25) is 0 Å². The van der Waals surface area contributed by atoms with Crippen molar-refractivity contribution in [1.82, 2.24) is 5.16 Å². The van der Waals surface area contributed by atoms with E-state index in [0.717, 1.165) is 24.6 Å². The van der Waals surface area contributed by atoms with Crippen LogP contribution in [-0.4, -0.2) is 61.1 Å². The van der Waals surface area contributed by atoms with Gasteiger partial charge < -0.3 is 24.2 Å². The van der Waals surface area contributed by atoms with Crippen molar-refractivity contribution >= 4 is 35.0 Å². The molecule has 0 unspecified atom stereocenters. The van der Waals surface area contributed by atoms with E-state index in [4.69, 9.17) is 14.0 Å². The van der Waals surface area contributed by atoms with Crippen molar-refractivity contribution in [2.24, 2.45) is 0 Å². The van der Waals surface area contributed by atoms with Crippen LogP contribution in [0.25, 0.3) is 0 Å². The summed E-state index contributed by atoms with van der Waals surface area (Å²) in [6.45, 7) is 2.23. The van der Waals surface area contributed by atoms with E-state index in [1.54, 1.807) is 12.1 Å². The average Bonchev–Trinajstić information content (AvgIpc) is 3.34. The number of benzene rings is 1. The molecular formula is C18H19FN4O4S. The summed E-state index contributed by atoms with van der Waals surface area (Å²) in [5.41, 5.74) is 0.937. The van der Waals surface area contributed by atoms with Crippen LogP contribution < -0.4 is 19.9 Å². The molecule has 2 atom stereocenters. The molecule has 1 aromatic heterocycles. The third-order valence-electron chi connectivity index (χ3n) is 5.18. The lowest BCUT2D eigenvalue weighted by Crippen LogP contribution is -2.46. The van der Waals surface area contributed by atoms with Gasteiger partial charge in [0.15, 0.2) is 5.82 Å². The number of hydrogen-bond acceptors (Lipinski definition) is 8. The zero-order chi connectivity index (χ0) is 19.1. The van der Waals surface area contributed by atoms with Gasteiger partial charge in [0, 0.05) is 42.8 Å². The third-order valence-corrected chi connectivity index (χ3v) is 6.12. The second-order valence-corrected chi connectivity index (χ2v) is 8.03. The number of thioether (sulfide) groups is 1. The van der Waals surface area contributed by atoms with Gasteiger partial charge in [-0.25, -0.2) is 9.18 Å². The predicted molar refractivity (Wildman–Crippen MR) is 103 cm³/mol. The molecule has 1 N–H and O–H groups in total. The number of nitrogens with zero attached hydrogens (tertiary/aromatic N) is 3. The topological polar surface area (TPSA) is 80.1 Å². The molecule has 148 valence electrons. The SMILES string of the molecule is O=C1O[C@@H](CNc2ccon2)[C@@H]2COc3cc(N4CCSCC4)c(F)cc3N12. The van der Waals surface area contributed by atoms with E-state index >= 15 is 0 Å². The number of hydrogen-bond donors (Lipinski definition) is 1. The lowest BCUT2D eigenvalue weighted by atomic mass is 10.1. The number of amides is 1. The van der Waals surface area contributed by atoms with E-state index in [-0.39, 0.29) is 18.5 Å². The molecule has 0 bridgehead atoms. The fraction of sp³-hybridized carbons (Fsp3) is 0.444. The number of ether oxygens (including phenoxy) is 2. The van der Waals surface area contributed by atoms with Gasteiger partial charge in [-0.1, -0.05) is 5.16 Å². The first kappa shape index (κ1) is 17.5. The Morgan fingerprint density at radius 2 is 2.14 bits per heavy atom. The van der Waals surface area contributed by atoms with E-state index in [0.29, 0.717) is 29.5 Å². The van der Waals surface area contributed by atoms with Gasteiger partial charge in [-0.3, -0.25) is 4.90 Å². The van der Waals surface area contributed by atoms with Gasteiger partial charge in [-0.2, -0.15) is 11.8 Å². The minimum atomic E-state index is -0.497. The molecule has 3 aliphatic rings. The molecule has 4 heterocycles. The first-order valence-electron chi connectivity index (χ1n) is 9.14. The summed E-state index contributed by atoms with van der Waals surface area (Å²) in [6, 6.07) is 4.42. The molecule has 10 heteroatoms. The molecule has 5 rings (SSSR count). The van der Waals surface area contributed by atoms with Crippen LogP contribution in [0.5, 0.6) is 5.75 Å². The van der Waals surface area contributed by atoms with Crippen molar-refractivity contribution in [2.75, 3.05) is 52.9 Å². The normalized spacial score (nSPS) is 23.7. The molecule has 2 aromatic rings. The molecule has 0 aliphatic carbocycles. The Balaban J connectivity index is 1.38. The maximum Gasteiger partial charge on any atom is 0.415 e. The number of carbonyl (C=O) groups is 1. The number of nitrogens with one attached hydrogen (secondary N) is 1. The fourth-order valence-electron chi connectivity index (χ4n) is 3.77. The Labute approximate surface area is 164 Å². The van der Waals surface area contributed by atoms with Crippen molar-refractivity contribution in [3.05, 3.63) is 30.3 Å². The van der Waals surface area contributed by atoms with E-state index < -0.39 is 12.2 Å². The minimum absolute atomic E-state index is 0.283. The number of aromatic nitrogens is 1. The monoisotopic (exact) mass is 406 g/mol. The number of anilines is 3. The number of fused-ring (bicyclic) bond motifs is 3. The lowest BCUT2D eigenvalue weighted by molar-refractivity contribution is 0.128. The van der Waals surface area contributed by atoms with Crippen molar-refractivity contribution in [1.29, 1.82) is 0 Å². The standard InChI is InChI=1S/C18H19FN4O4S/c19-11-7-13-15(8-12(11)22-2-5-28-6-3-22)25-10-14-16(27-18(24)23(13)14)9-20-17-1-4-26-21-17/h1,4,7-8,14,16H,2-3,5-6,9-10H2,(H,20,21)/t14-,16-/m0/s1. The number of rotatable bonds is 4. The molecule has 0 saturated carbocycles. The summed E-state index contributed by atoms with van der Waals surface area (Å²) in [7, 11) is 0. The highest BCUT2D eigenvalue weighted by atomic mass is 32.2. The summed E-state index contributed by atoms with van der Waals surface area (Å²) in [5.74, 6) is 2.65. The Morgan fingerprint density at radius 3 is 2.93 bits per heavy atom. The summed E-state index contributed by atoms with van der Waals surface area (Å²) >= 11 is 1.86. The first-order valence-corrected chi connectivity index (χ1v) is 10.3. The smallest absolute Gasteiger partial charge is 0.415 e. The quantitative estimate of drug-likeness (QED) is 0.830. The van der Waals surface area contributed by atoms with Gasteiger partial charge in [0.05, 0.1) is 17.9 Å². The van der Waals surface area contributed by atoms with E-state index in [1.165, 1.54) is 17.2 Å². The highest BCUT2D eigenvalue weighted by Crippen LogP contribution is 2.42. The maximum atomic E-state index is 14.9. The van der Waals surface area contributed by atoms with Crippen LogP contribution in [0.1, 0.15) is 0 Å². The number of cyclic esters (lactones) is 1. The van der Waals surface area contributed by atoms with Crippen LogP contribution in [0.15, 0.2) is 29.0 Å². The molecular weight excluding hydrogens is 387 g/mol. The second-order valence-electron chi connectivity index (χ2n) is 6.81. The lowest BCUT2D eigenvalue weighted by Gasteiger charge is -2.34. The van der Waals surface area contributed by atoms with Crippen LogP contribution in [0.4, 0.5) is 26.4 Å². The molecule has 1 aromatic carbocycles. The van der Waals surface area contributed by atoms with Crippen LogP contribution in [0, 0.1) is 5.82 Å². The third kappa shape index (κ3) is 3.01. The molecule has 0 radical (unpaired) electrons. The van der Waals surface area contributed by atoms with Crippen LogP contribution in [-0.2, 0) is 4.74 Å². The summed E-state index contributed by atoms with van der Waals surface area (Å²) in [4.78, 5) is 16.0. The van der Waals surface area contributed by atoms with E-state index in [1.807, 2.05) is 16.7 Å². The minimum Gasteiger partial charge on any atom is -0.489 e. The summed E-state index contributed by atoms with van der Waals surface area (Å²) < 4.78 is 31.0. The van der Waals surface area contributed by atoms with Crippen molar-refractivity contribution in [3.63, 3.8) is 0 Å². The zero-order valence-electron chi connectivity index (χ0n) is 15.0. The van der Waals surface area contributed by atoms with Gasteiger partial charge in [-0.05, 0) is 0 Å². The number of carbonyl (C=O) groups excluding carboxylic acids is 1. The summed E-state index contributed by atoms with van der Waals surface area (Å²) in [6.07, 6.45) is 0.513. The predicted octanol–water partition coefficient (Wildman–Crippen LogP) is 2.57. The van der Waals surface area contributed by atoms with E-state index in [2.05, 4.69) is 10.5 Å². The highest BCUT2D eigenvalue weighted by molar-refractivity contribution is 7.99. The largest absolute Gasteiger partial charge is 0.489 e. The van der Waals surface area contributed by atoms with Gasteiger partial charge in [0.1, 0.15) is 36.6 Å². The van der Waals surface area contributed by atoms with Gasteiger partial charge in [0.25, 0.3) is 0 Å². The van der Waals surface area contributed by atoms with E-state index in [9.17, 15) is 9.18 Å². The maximum absolute atomic E-state index is 14.9. The molecule has 2 fully saturated rings. The Morgan fingerprint density at radius 1 is 1.29 bits per heavy atom. The molecule has 1 amide bonds. The average molecular weight is 406 g/mol. The highest BCUT2D eigenvalue weighted by Gasteiger charge is 2.47. The molecule has 3 aliphatic heterocycles. The molecule has 2 saturated heterocycles. The summed E-state index contributed by atoms with van der Waals surface area (Å²) in [5, 5.41) is 6.84. The molecule has 8 nitrogen and oxygen atoms in total. The van der Waals surface area contributed by atoms with Crippen LogP contribution in [0.3, 0.4) is 0 Å². The van der Waals surface area contributed by atoms with Crippen molar-refractivity contribution in [3.8, 4) is 5.75 Å². The Hall–Kier alpha value is -2.62. The Kier molecular flexibility index (Phi) is 4.42. The number of halogens is 1.